The van der Waals surface area contributed by atoms with Gasteiger partial charge in [-0.1, -0.05) is 24.1 Å². The minimum Gasteiger partial charge on any atom is -0.490 e. The zero-order valence-corrected chi connectivity index (χ0v) is 26.2. The highest BCUT2D eigenvalue weighted by Crippen LogP contribution is 2.55. The first kappa shape index (κ1) is 31.1. The fourth-order valence-corrected chi connectivity index (χ4v) is 6.51. The van der Waals surface area contributed by atoms with Gasteiger partial charge in [-0.3, -0.25) is 0 Å². The molecule has 0 N–H and O–H groups in total. The lowest BCUT2D eigenvalue weighted by Gasteiger charge is -2.53. The normalized spacial score (nSPS) is 22.4. The molecule has 0 aliphatic heterocycles. The van der Waals surface area contributed by atoms with Crippen molar-refractivity contribution >= 4 is 17.9 Å². The number of anilines is 1. The van der Waals surface area contributed by atoms with Crippen LogP contribution in [0.3, 0.4) is 0 Å². The molecule has 42 heavy (non-hydrogen) atoms. The van der Waals surface area contributed by atoms with Gasteiger partial charge < -0.3 is 28.9 Å². The average Bonchev–Trinajstić information content (AvgIpc) is 2.95. The number of fused-ring (bicyclic) bond motifs is 3. The number of nitrogens with zero attached hydrogens (tertiary/aromatic N) is 3. The van der Waals surface area contributed by atoms with E-state index < -0.39 is 5.60 Å². The molecule has 2 amide bonds. The number of hydrogen-bond donors (Lipinski definition) is 0. The van der Waals surface area contributed by atoms with Crippen molar-refractivity contribution in [2.45, 2.75) is 56.5 Å². The van der Waals surface area contributed by atoms with Gasteiger partial charge in [0.05, 0.1) is 0 Å². The van der Waals surface area contributed by atoms with Crippen LogP contribution in [0.25, 0.3) is 0 Å². The number of carbonyl (C=O) groups excluding carboxylic acids is 2. The maximum absolute atomic E-state index is 12.7. The molecule has 1 fully saturated rings. The van der Waals surface area contributed by atoms with Crippen molar-refractivity contribution in [3.63, 3.8) is 0 Å². The van der Waals surface area contributed by atoms with Crippen LogP contribution in [0.4, 0.5) is 15.3 Å². The van der Waals surface area contributed by atoms with E-state index in [0.717, 1.165) is 31.4 Å². The summed E-state index contributed by atoms with van der Waals surface area (Å²) in [6.07, 6.45) is 4.27. The Bertz CT molecular complexity index is 1340. The van der Waals surface area contributed by atoms with E-state index in [1.165, 1.54) is 32.2 Å². The topological polar surface area (TPSA) is 71.5 Å². The van der Waals surface area contributed by atoms with Crippen LogP contribution in [0, 0.1) is 17.8 Å². The molecule has 2 aromatic rings. The van der Waals surface area contributed by atoms with Gasteiger partial charge in [-0.25, -0.2) is 9.59 Å². The van der Waals surface area contributed by atoms with Gasteiger partial charge in [-0.05, 0) is 85.9 Å². The first-order valence-electron chi connectivity index (χ1n) is 14.7. The van der Waals surface area contributed by atoms with Crippen molar-refractivity contribution in [1.82, 2.24) is 9.80 Å². The predicted molar refractivity (Wildman–Crippen MR) is 165 cm³/mol. The maximum atomic E-state index is 12.7. The van der Waals surface area contributed by atoms with E-state index in [-0.39, 0.29) is 30.1 Å². The molecule has 0 spiro atoms. The van der Waals surface area contributed by atoms with Crippen LogP contribution in [0.1, 0.15) is 49.3 Å². The highest BCUT2D eigenvalue weighted by atomic mass is 16.6. The lowest BCUT2D eigenvalue weighted by Crippen LogP contribution is -2.53. The monoisotopic (exact) mass is 575 g/mol. The van der Waals surface area contributed by atoms with E-state index in [4.69, 9.17) is 14.2 Å². The van der Waals surface area contributed by atoms with Crippen molar-refractivity contribution in [3.8, 4) is 17.6 Å². The first-order chi connectivity index (χ1) is 20.0. The second-order valence-electron chi connectivity index (χ2n) is 12.1. The fourth-order valence-electron chi connectivity index (χ4n) is 6.51. The number of ether oxygens (including phenoxy) is 3. The summed E-state index contributed by atoms with van der Waals surface area (Å²) < 4.78 is 17.3. The Morgan fingerprint density at radius 2 is 1.71 bits per heavy atom. The first-order valence-corrected chi connectivity index (χ1v) is 14.7. The smallest absolute Gasteiger partial charge is 0.410 e. The van der Waals surface area contributed by atoms with E-state index in [9.17, 15) is 9.59 Å². The van der Waals surface area contributed by atoms with E-state index >= 15 is 0 Å². The van der Waals surface area contributed by atoms with Gasteiger partial charge in [-0.2, -0.15) is 0 Å². The number of aryl methyl sites for hydroxylation is 1. The Hall–Kier alpha value is -3.86. The van der Waals surface area contributed by atoms with Crippen molar-refractivity contribution < 1.29 is 23.8 Å². The van der Waals surface area contributed by atoms with Crippen molar-refractivity contribution in [3.05, 3.63) is 59.2 Å². The van der Waals surface area contributed by atoms with Crippen molar-refractivity contribution in [2.75, 3.05) is 60.4 Å². The van der Waals surface area contributed by atoms with Gasteiger partial charge in [-0.15, -0.1) is 5.92 Å². The van der Waals surface area contributed by atoms with Crippen LogP contribution in [0.2, 0.25) is 0 Å². The molecule has 0 radical (unpaired) electrons. The zero-order valence-electron chi connectivity index (χ0n) is 26.2. The second-order valence-corrected chi connectivity index (χ2v) is 12.1. The number of amides is 2. The molecule has 0 aromatic heterocycles. The maximum Gasteiger partial charge on any atom is 0.410 e. The Balaban J connectivity index is 1.65. The molecule has 2 aliphatic carbocycles. The molecule has 2 aliphatic rings. The standard InChI is InChI=1S/C34H45N3O5/c1-8-16-33(42-32(39)37(6)7)17-18-34(23-25-10-9-11-28(21-25)35(2)3)27(24-33)13-12-26-22-29(14-15-30(26)34)40-19-20-41-31(38)36(4)5/h9-11,14-15,21-22,27H,12-13,17-20,23-24H2,1-7H3/t27-,33+,34+/m0/s1. The molecule has 0 saturated heterocycles. The van der Waals surface area contributed by atoms with Gasteiger partial charge in [0, 0.05) is 59.8 Å². The third kappa shape index (κ3) is 6.78. The van der Waals surface area contributed by atoms with Crippen LogP contribution in [0.5, 0.6) is 5.75 Å². The molecule has 4 rings (SSSR count). The Morgan fingerprint density at radius 1 is 0.952 bits per heavy atom. The summed E-state index contributed by atoms with van der Waals surface area (Å²) in [5.74, 6) is 7.44. The summed E-state index contributed by atoms with van der Waals surface area (Å²) in [4.78, 5) is 29.4. The quantitative estimate of drug-likeness (QED) is 0.305. The number of hydrogen-bond acceptors (Lipinski definition) is 6. The lowest BCUT2D eigenvalue weighted by atomic mass is 9.52. The average molecular weight is 576 g/mol. The zero-order chi connectivity index (χ0) is 30.5. The molecule has 226 valence electrons. The predicted octanol–water partition coefficient (Wildman–Crippen LogP) is 5.52. The highest BCUT2D eigenvalue weighted by molar-refractivity contribution is 5.68. The van der Waals surface area contributed by atoms with Crippen LogP contribution < -0.4 is 9.64 Å². The fraction of sp³-hybridized carbons (Fsp3) is 0.529. The van der Waals surface area contributed by atoms with Crippen LogP contribution in [0.15, 0.2) is 42.5 Å². The Kier molecular flexibility index (Phi) is 9.60. The third-order valence-electron chi connectivity index (χ3n) is 8.60. The number of benzene rings is 2. The molecular weight excluding hydrogens is 530 g/mol. The summed E-state index contributed by atoms with van der Waals surface area (Å²) in [6, 6.07) is 15.2. The van der Waals surface area contributed by atoms with Gasteiger partial charge in [0.25, 0.3) is 0 Å². The Labute approximate surface area is 250 Å². The molecule has 8 nitrogen and oxygen atoms in total. The van der Waals surface area contributed by atoms with E-state index in [1.54, 1.807) is 28.2 Å². The molecular formula is C34H45N3O5. The molecule has 8 heteroatoms. The summed E-state index contributed by atoms with van der Waals surface area (Å²) in [6.45, 7) is 2.30. The summed E-state index contributed by atoms with van der Waals surface area (Å²) in [5, 5.41) is 0. The summed E-state index contributed by atoms with van der Waals surface area (Å²) >= 11 is 0. The number of carbonyl (C=O) groups is 2. The summed E-state index contributed by atoms with van der Waals surface area (Å²) in [5.41, 5.74) is 4.19. The van der Waals surface area contributed by atoms with Gasteiger partial charge in [0.15, 0.2) is 5.60 Å². The van der Waals surface area contributed by atoms with Crippen molar-refractivity contribution in [2.24, 2.45) is 5.92 Å². The van der Waals surface area contributed by atoms with Crippen LogP contribution >= 0.6 is 0 Å². The van der Waals surface area contributed by atoms with Gasteiger partial charge in [0.2, 0.25) is 0 Å². The SMILES string of the molecule is CC#C[C@@]1(OC(=O)N(C)C)CC[C@]2(Cc3cccc(N(C)C)c3)c3ccc(OCCOC(=O)N(C)C)cc3CC[C@H]2C1. The van der Waals surface area contributed by atoms with Gasteiger partial charge in [0.1, 0.15) is 19.0 Å². The second kappa shape index (κ2) is 13.0. The Morgan fingerprint density at radius 3 is 2.40 bits per heavy atom. The van der Waals surface area contributed by atoms with Crippen molar-refractivity contribution in [1.29, 1.82) is 0 Å². The molecule has 0 heterocycles. The largest absolute Gasteiger partial charge is 0.490 e. The molecule has 1 saturated carbocycles. The highest BCUT2D eigenvalue weighted by Gasteiger charge is 2.53. The van der Waals surface area contributed by atoms with E-state index in [2.05, 4.69) is 67.2 Å². The molecule has 3 atom stereocenters. The molecule has 2 aromatic carbocycles. The lowest BCUT2D eigenvalue weighted by molar-refractivity contribution is -0.0314. The van der Waals surface area contributed by atoms with Crippen LogP contribution in [-0.4, -0.2) is 83.1 Å². The van der Waals surface area contributed by atoms with E-state index in [0.29, 0.717) is 19.4 Å². The summed E-state index contributed by atoms with van der Waals surface area (Å²) in [7, 11) is 10.9. The van der Waals surface area contributed by atoms with Crippen LogP contribution in [-0.2, 0) is 27.7 Å². The molecule has 0 bridgehead atoms. The van der Waals surface area contributed by atoms with E-state index in [1.807, 2.05) is 13.0 Å². The number of rotatable bonds is 8. The third-order valence-corrected chi connectivity index (χ3v) is 8.60. The minimum absolute atomic E-state index is 0.123. The van der Waals surface area contributed by atoms with Gasteiger partial charge >= 0.3 is 12.2 Å². The molecule has 0 unspecified atom stereocenters. The minimum atomic E-state index is -0.791.